The number of ether oxygens (including phenoxy) is 4. The second-order valence-corrected chi connectivity index (χ2v) is 4.04. The number of nitrogens with two attached hydrogens (primary N) is 1. The number of hydrogen-bond acceptors (Lipinski definition) is 6. The van der Waals surface area contributed by atoms with Crippen molar-refractivity contribution in [2.75, 3.05) is 27.9 Å². The van der Waals surface area contributed by atoms with E-state index >= 15 is 0 Å². The summed E-state index contributed by atoms with van der Waals surface area (Å²) in [7, 11) is 4.61. The summed E-state index contributed by atoms with van der Waals surface area (Å²) in [5, 5.41) is 0. The van der Waals surface area contributed by atoms with Crippen molar-refractivity contribution >= 4 is 5.97 Å². The molecule has 0 amide bonds. The first-order chi connectivity index (χ1) is 9.58. The van der Waals surface area contributed by atoms with Gasteiger partial charge in [0.2, 0.25) is 0 Å². The van der Waals surface area contributed by atoms with Crippen LogP contribution in [0.5, 0.6) is 17.2 Å². The Hall–Kier alpha value is -1.95. The Kier molecular flexibility index (Phi) is 6.11. The Balaban J connectivity index is 3.10. The molecule has 0 spiro atoms. The van der Waals surface area contributed by atoms with Crippen molar-refractivity contribution in [3.8, 4) is 17.2 Å². The quantitative estimate of drug-likeness (QED) is 0.756. The molecule has 0 aliphatic carbocycles. The molecule has 1 atom stereocenters. The Labute approximate surface area is 118 Å². The fraction of sp³-hybridized carbons (Fsp3) is 0.500. The average molecular weight is 283 g/mol. The molecule has 0 bridgehead atoms. The van der Waals surface area contributed by atoms with Gasteiger partial charge in [0, 0.05) is 12.0 Å². The zero-order valence-electron chi connectivity index (χ0n) is 12.3. The largest absolute Gasteiger partial charge is 0.496 e. The third-order valence-electron chi connectivity index (χ3n) is 2.84. The van der Waals surface area contributed by atoms with E-state index in [1.807, 2.05) is 0 Å². The molecule has 0 radical (unpaired) electrons. The second-order valence-electron chi connectivity index (χ2n) is 4.04. The van der Waals surface area contributed by atoms with E-state index in [9.17, 15) is 4.79 Å². The van der Waals surface area contributed by atoms with E-state index in [1.54, 1.807) is 33.3 Å². The van der Waals surface area contributed by atoms with Gasteiger partial charge in [-0.15, -0.1) is 0 Å². The van der Waals surface area contributed by atoms with Gasteiger partial charge in [-0.3, -0.25) is 4.79 Å². The van der Waals surface area contributed by atoms with Gasteiger partial charge in [0.25, 0.3) is 0 Å². The van der Waals surface area contributed by atoms with Gasteiger partial charge in [0.15, 0.2) is 11.5 Å². The number of benzene rings is 1. The summed E-state index contributed by atoms with van der Waals surface area (Å²) in [6.45, 7) is 2.02. The van der Waals surface area contributed by atoms with Crippen molar-refractivity contribution in [1.29, 1.82) is 0 Å². The van der Waals surface area contributed by atoms with E-state index < -0.39 is 12.0 Å². The van der Waals surface area contributed by atoms with E-state index in [0.29, 0.717) is 29.4 Å². The van der Waals surface area contributed by atoms with Crippen LogP contribution in [0.25, 0.3) is 0 Å². The van der Waals surface area contributed by atoms with Gasteiger partial charge in [-0.1, -0.05) is 0 Å². The molecule has 1 aromatic rings. The Morgan fingerprint density at radius 1 is 1.15 bits per heavy atom. The number of rotatable bonds is 7. The summed E-state index contributed by atoms with van der Waals surface area (Å²) < 4.78 is 20.8. The van der Waals surface area contributed by atoms with E-state index in [4.69, 9.17) is 24.7 Å². The predicted octanol–water partition coefficient (Wildman–Crippen LogP) is 1.15. The summed E-state index contributed by atoms with van der Waals surface area (Å²) in [6.07, 6.45) is 0.238. The lowest BCUT2D eigenvalue weighted by Gasteiger charge is -2.18. The zero-order valence-corrected chi connectivity index (χ0v) is 12.3. The molecule has 0 saturated carbocycles. The molecule has 0 aliphatic rings. The maximum absolute atomic E-state index is 11.6. The summed E-state index contributed by atoms with van der Waals surface area (Å²) in [5.74, 6) is 1.19. The molecule has 0 aromatic heterocycles. The number of hydrogen-bond donors (Lipinski definition) is 1. The van der Waals surface area contributed by atoms with Gasteiger partial charge in [-0.05, 0) is 19.1 Å². The molecular formula is C14H21NO5. The van der Waals surface area contributed by atoms with Crippen molar-refractivity contribution in [1.82, 2.24) is 0 Å². The first-order valence-electron chi connectivity index (χ1n) is 6.29. The van der Waals surface area contributed by atoms with Gasteiger partial charge in [-0.2, -0.15) is 0 Å². The standard InChI is InChI=1S/C14H21NO5/c1-5-20-14(16)10(15)8-9-11(17-2)6-7-12(18-3)13(9)19-4/h6-7,10H,5,8,15H2,1-4H3. The van der Waals surface area contributed by atoms with Crippen molar-refractivity contribution in [3.05, 3.63) is 17.7 Å². The molecule has 1 rings (SSSR count). The lowest BCUT2D eigenvalue weighted by molar-refractivity contribution is -0.144. The number of carbonyl (C=O) groups is 1. The lowest BCUT2D eigenvalue weighted by Crippen LogP contribution is -2.34. The Morgan fingerprint density at radius 3 is 2.25 bits per heavy atom. The van der Waals surface area contributed by atoms with Gasteiger partial charge < -0.3 is 24.7 Å². The minimum absolute atomic E-state index is 0.238. The van der Waals surface area contributed by atoms with Crippen molar-refractivity contribution in [2.45, 2.75) is 19.4 Å². The minimum atomic E-state index is -0.787. The summed E-state index contributed by atoms with van der Waals surface area (Å²) in [4.78, 5) is 11.6. The average Bonchev–Trinajstić information content (AvgIpc) is 2.46. The normalized spacial score (nSPS) is 11.7. The van der Waals surface area contributed by atoms with Crippen molar-refractivity contribution < 1.29 is 23.7 Å². The molecule has 0 saturated heterocycles. The van der Waals surface area contributed by atoms with E-state index in [2.05, 4.69) is 0 Å². The highest BCUT2D eigenvalue weighted by atomic mass is 16.5. The molecule has 20 heavy (non-hydrogen) atoms. The molecule has 6 nitrogen and oxygen atoms in total. The number of esters is 1. The van der Waals surface area contributed by atoms with Crippen LogP contribution in [0, 0.1) is 0 Å². The van der Waals surface area contributed by atoms with Crippen molar-refractivity contribution in [3.63, 3.8) is 0 Å². The maximum Gasteiger partial charge on any atom is 0.323 e. The van der Waals surface area contributed by atoms with Crippen LogP contribution >= 0.6 is 0 Å². The predicted molar refractivity (Wildman–Crippen MR) is 74.4 cm³/mol. The van der Waals surface area contributed by atoms with Gasteiger partial charge >= 0.3 is 5.97 Å². The van der Waals surface area contributed by atoms with Crippen LogP contribution in [0.4, 0.5) is 0 Å². The van der Waals surface area contributed by atoms with Crippen LogP contribution in [0.1, 0.15) is 12.5 Å². The Morgan fingerprint density at radius 2 is 1.75 bits per heavy atom. The molecule has 2 N–H and O–H groups in total. The van der Waals surface area contributed by atoms with E-state index in [-0.39, 0.29) is 6.42 Å². The molecule has 1 aromatic carbocycles. The van der Waals surface area contributed by atoms with Crippen LogP contribution in [0.2, 0.25) is 0 Å². The summed E-state index contributed by atoms with van der Waals surface area (Å²) in [6, 6.07) is 2.69. The highest BCUT2D eigenvalue weighted by Gasteiger charge is 2.22. The molecule has 6 heteroatoms. The highest BCUT2D eigenvalue weighted by Crippen LogP contribution is 2.37. The summed E-state index contributed by atoms with van der Waals surface area (Å²) in [5.41, 5.74) is 6.52. The summed E-state index contributed by atoms with van der Waals surface area (Å²) >= 11 is 0. The van der Waals surface area contributed by atoms with Crippen LogP contribution in [0.3, 0.4) is 0 Å². The topological polar surface area (TPSA) is 80.0 Å². The van der Waals surface area contributed by atoms with E-state index in [1.165, 1.54) is 7.11 Å². The lowest BCUT2D eigenvalue weighted by atomic mass is 10.0. The van der Waals surface area contributed by atoms with E-state index in [0.717, 1.165) is 0 Å². The zero-order chi connectivity index (χ0) is 15.1. The van der Waals surface area contributed by atoms with Crippen LogP contribution in [-0.2, 0) is 16.0 Å². The van der Waals surface area contributed by atoms with Crippen LogP contribution in [-0.4, -0.2) is 39.9 Å². The molecule has 1 unspecified atom stereocenters. The second kappa shape index (κ2) is 7.59. The fourth-order valence-electron chi connectivity index (χ4n) is 1.91. The SMILES string of the molecule is CCOC(=O)C(N)Cc1c(OC)ccc(OC)c1OC. The number of methoxy groups -OCH3 is 3. The smallest absolute Gasteiger partial charge is 0.323 e. The molecular weight excluding hydrogens is 262 g/mol. The molecule has 0 fully saturated rings. The molecule has 0 heterocycles. The minimum Gasteiger partial charge on any atom is -0.496 e. The van der Waals surface area contributed by atoms with Gasteiger partial charge in [-0.25, -0.2) is 0 Å². The van der Waals surface area contributed by atoms with Crippen molar-refractivity contribution in [2.24, 2.45) is 5.73 Å². The van der Waals surface area contributed by atoms with Gasteiger partial charge in [0.1, 0.15) is 11.8 Å². The fourth-order valence-corrected chi connectivity index (χ4v) is 1.91. The first kappa shape index (κ1) is 16.1. The highest BCUT2D eigenvalue weighted by molar-refractivity contribution is 5.76. The maximum atomic E-state index is 11.6. The van der Waals surface area contributed by atoms with Crippen LogP contribution in [0.15, 0.2) is 12.1 Å². The van der Waals surface area contributed by atoms with Crippen LogP contribution < -0.4 is 19.9 Å². The molecule has 112 valence electrons. The third-order valence-corrected chi connectivity index (χ3v) is 2.84. The Bertz CT molecular complexity index is 461. The monoisotopic (exact) mass is 283 g/mol. The third kappa shape index (κ3) is 3.54. The molecule has 0 aliphatic heterocycles. The first-order valence-corrected chi connectivity index (χ1v) is 6.29. The van der Waals surface area contributed by atoms with Gasteiger partial charge in [0.05, 0.1) is 27.9 Å². The number of carbonyl (C=O) groups excluding carboxylic acids is 1.